The summed E-state index contributed by atoms with van der Waals surface area (Å²) in [5.41, 5.74) is 2.39. The van der Waals surface area contributed by atoms with Crippen LogP contribution in [0.2, 0.25) is 0 Å². The first-order valence-corrected chi connectivity index (χ1v) is 9.69. The Balaban J connectivity index is 1.50. The first kappa shape index (κ1) is 18.2. The summed E-state index contributed by atoms with van der Waals surface area (Å²) < 4.78 is 0. The zero-order chi connectivity index (χ0) is 19.3. The first-order chi connectivity index (χ1) is 13.7. The molecule has 0 radical (unpaired) electrons. The van der Waals surface area contributed by atoms with Gasteiger partial charge in [-0.15, -0.1) is 0 Å². The summed E-state index contributed by atoms with van der Waals surface area (Å²) in [6, 6.07) is 12.3. The number of rotatable bonds is 5. The van der Waals surface area contributed by atoms with E-state index in [0.717, 1.165) is 56.1 Å². The van der Waals surface area contributed by atoms with Crippen LogP contribution in [0.3, 0.4) is 0 Å². The van der Waals surface area contributed by atoms with Crippen LogP contribution >= 0.6 is 0 Å². The molecule has 4 rings (SSSR count). The maximum Gasteiger partial charge on any atom is 0.227 e. The summed E-state index contributed by atoms with van der Waals surface area (Å²) in [5.74, 6) is 2.48. The Morgan fingerprint density at radius 3 is 2.21 bits per heavy atom. The highest BCUT2D eigenvalue weighted by Crippen LogP contribution is 2.25. The third kappa shape index (κ3) is 3.88. The van der Waals surface area contributed by atoms with Crippen molar-refractivity contribution in [1.29, 1.82) is 0 Å². The molecule has 0 amide bonds. The van der Waals surface area contributed by atoms with Gasteiger partial charge in [-0.05, 0) is 43.7 Å². The van der Waals surface area contributed by atoms with Crippen LogP contribution in [0.25, 0.3) is 0 Å². The van der Waals surface area contributed by atoms with E-state index < -0.39 is 0 Å². The molecular weight excluding hydrogens is 350 g/mol. The minimum absolute atomic E-state index is 0.775. The summed E-state index contributed by atoms with van der Waals surface area (Å²) in [6.45, 7) is 8.50. The molecule has 3 heterocycles. The third-order valence-corrected chi connectivity index (χ3v) is 4.93. The Bertz CT molecular complexity index is 907. The monoisotopic (exact) mass is 375 g/mol. The average molecular weight is 375 g/mol. The van der Waals surface area contributed by atoms with Crippen molar-refractivity contribution >= 4 is 23.4 Å². The van der Waals surface area contributed by atoms with Gasteiger partial charge >= 0.3 is 0 Å². The van der Waals surface area contributed by atoms with E-state index in [1.54, 1.807) is 12.4 Å². The van der Waals surface area contributed by atoms with Gasteiger partial charge in [0.2, 0.25) is 11.9 Å². The van der Waals surface area contributed by atoms with Gasteiger partial charge in [-0.3, -0.25) is 0 Å². The van der Waals surface area contributed by atoms with Crippen LogP contribution in [0.4, 0.5) is 23.4 Å². The fraction of sp³-hybridized carbons (Fsp3) is 0.333. The van der Waals surface area contributed by atoms with E-state index in [-0.39, 0.29) is 0 Å². The molecular formula is C21H25N7. The standard InChI is InChI=1S/C21H25N7/c1-3-28(18-7-4-6-17(2)16-18)19-8-11-24-21(25-19)27-14-12-26(13-15-27)20-22-9-5-10-23-20/h4-11,16H,3,12-15H2,1-2H3. The van der Waals surface area contributed by atoms with E-state index in [9.17, 15) is 0 Å². The van der Waals surface area contributed by atoms with Crippen molar-refractivity contribution < 1.29 is 0 Å². The Hall–Kier alpha value is -3.22. The Morgan fingerprint density at radius 1 is 0.857 bits per heavy atom. The van der Waals surface area contributed by atoms with Crippen molar-refractivity contribution in [2.45, 2.75) is 13.8 Å². The Kier molecular flexibility index (Phi) is 5.32. The summed E-state index contributed by atoms with van der Waals surface area (Å²) in [5, 5.41) is 0. The fourth-order valence-electron chi connectivity index (χ4n) is 3.48. The quantitative estimate of drug-likeness (QED) is 0.679. The molecule has 1 aromatic carbocycles. The Morgan fingerprint density at radius 2 is 1.54 bits per heavy atom. The van der Waals surface area contributed by atoms with Gasteiger partial charge in [-0.25, -0.2) is 15.0 Å². The van der Waals surface area contributed by atoms with Crippen LogP contribution in [-0.4, -0.2) is 52.7 Å². The molecule has 0 aliphatic carbocycles. The molecule has 1 aliphatic rings. The number of hydrogen-bond donors (Lipinski definition) is 0. The molecule has 1 fully saturated rings. The molecule has 144 valence electrons. The molecule has 1 aliphatic heterocycles. The van der Waals surface area contributed by atoms with Crippen molar-refractivity contribution in [3.63, 3.8) is 0 Å². The van der Waals surface area contributed by atoms with E-state index in [0.29, 0.717) is 0 Å². The normalized spacial score (nSPS) is 14.2. The highest BCUT2D eigenvalue weighted by molar-refractivity contribution is 5.61. The predicted octanol–water partition coefficient (Wildman–Crippen LogP) is 3.06. The zero-order valence-electron chi connectivity index (χ0n) is 16.4. The largest absolute Gasteiger partial charge is 0.337 e. The molecule has 0 unspecified atom stereocenters. The zero-order valence-corrected chi connectivity index (χ0v) is 16.4. The predicted molar refractivity (Wildman–Crippen MR) is 112 cm³/mol. The van der Waals surface area contributed by atoms with Crippen LogP contribution in [0.15, 0.2) is 55.0 Å². The van der Waals surface area contributed by atoms with Crippen LogP contribution in [-0.2, 0) is 0 Å². The maximum atomic E-state index is 4.86. The second-order valence-corrected chi connectivity index (χ2v) is 6.82. The molecule has 2 aromatic heterocycles. The third-order valence-electron chi connectivity index (χ3n) is 4.93. The summed E-state index contributed by atoms with van der Waals surface area (Å²) >= 11 is 0. The number of piperazine rings is 1. The van der Waals surface area contributed by atoms with E-state index >= 15 is 0 Å². The van der Waals surface area contributed by atoms with Gasteiger partial charge in [-0.2, -0.15) is 4.98 Å². The summed E-state index contributed by atoms with van der Waals surface area (Å²) in [7, 11) is 0. The number of aromatic nitrogens is 4. The van der Waals surface area contributed by atoms with Gasteiger partial charge in [0, 0.05) is 57.0 Å². The highest BCUT2D eigenvalue weighted by atomic mass is 15.4. The van der Waals surface area contributed by atoms with E-state index in [1.165, 1.54) is 5.56 Å². The average Bonchev–Trinajstić information content (AvgIpc) is 2.75. The number of hydrogen-bond acceptors (Lipinski definition) is 7. The summed E-state index contributed by atoms with van der Waals surface area (Å²) in [4.78, 5) is 24.7. The second-order valence-electron chi connectivity index (χ2n) is 6.82. The Labute approximate surface area is 165 Å². The van der Waals surface area contributed by atoms with Gasteiger partial charge in [0.05, 0.1) is 0 Å². The van der Waals surface area contributed by atoms with Crippen molar-refractivity contribution in [3.05, 3.63) is 60.6 Å². The molecule has 0 N–H and O–H groups in total. The van der Waals surface area contributed by atoms with Gasteiger partial charge in [0.25, 0.3) is 0 Å². The fourth-order valence-corrected chi connectivity index (χ4v) is 3.48. The van der Waals surface area contributed by atoms with Gasteiger partial charge in [-0.1, -0.05) is 12.1 Å². The molecule has 0 atom stereocenters. The number of benzene rings is 1. The lowest BCUT2D eigenvalue weighted by atomic mass is 10.2. The molecule has 0 bridgehead atoms. The highest BCUT2D eigenvalue weighted by Gasteiger charge is 2.21. The van der Waals surface area contributed by atoms with Crippen LogP contribution in [0.1, 0.15) is 12.5 Å². The summed E-state index contributed by atoms with van der Waals surface area (Å²) in [6.07, 6.45) is 5.42. The van der Waals surface area contributed by atoms with E-state index in [4.69, 9.17) is 4.98 Å². The topological polar surface area (TPSA) is 61.3 Å². The minimum atomic E-state index is 0.775. The molecule has 0 spiro atoms. The van der Waals surface area contributed by atoms with Crippen molar-refractivity contribution in [2.24, 2.45) is 0 Å². The number of aryl methyl sites for hydroxylation is 1. The second kappa shape index (κ2) is 8.21. The van der Waals surface area contributed by atoms with Gasteiger partial charge in [0.1, 0.15) is 5.82 Å². The smallest absolute Gasteiger partial charge is 0.227 e. The van der Waals surface area contributed by atoms with Crippen molar-refractivity contribution in [3.8, 4) is 0 Å². The lowest BCUT2D eigenvalue weighted by molar-refractivity contribution is 0.627. The minimum Gasteiger partial charge on any atom is -0.337 e. The molecule has 0 saturated carbocycles. The molecule has 7 heteroatoms. The van der Waals surface area contributed by atoms with E-state index in [1.807, 2.05) is 18.3 Å². The molecule has 3 aromatic rings. The van der Waals surface area contributed by atoms with E-state index in [2.05, 4.69) is 67.8 Å². The SMILES string of the molecule is CCN(c1cccc(C)c1)c1ccnc(N2CCN(c3ncccn3)CC2)n1. The van der Waals surface area contributed by atoms with Crippen molar-refractivity contribution in [2.75, 3.05) is 47.4 Å². The lowest BCUT2D eigenvalue weighted by Gasteiger charge is -2.35. The lowest BCUT2D eigenvalue weighted by Crippen LogP contribution is -2.47. The van der Waals surface area contributed by atoms with Gasteiger partial charge < -0.3 is 14.7 Å². The molecule has 7 nitrogen and oxygen atoms in total. The number of nitrogens with zero attached hydrogens (tertiary/aromatic N) is 7. The first-order valence-electron chi connectivity index (χ1n) is 9.69. The van der Waals surface area contributed by atoms with Gasteiger partial charge in [0.15, 0.2) is 0 Å². The molecule has 28 heavy (non-hydrogen) atoms. The maximum absolute atomic E-state index is 4.86. The molecule has 1 saturated heterocycles. The van der Waals surface area contributed by atoms with Crippen LogP contribution in [0, 0.1) is 6.92 Å². The number of anilines is 4. The van der Waals surface area contributed by atoms with Crippen LogP contribution < -0.4 is 14.7 Å². The van der Waals surface area contributed by atoms with Crippen LogP contribution in [0.5, 0.6) is 0 Å². The van der Waals surface area contributed by atoms with Crippen molar-refractivity contribution in [1.82, 2.24) is 19.9 Å².